The van der Waals surface area contributed by atoms with Crippen molar-refractivity contribution >= 4 is 11.8 Å². The number of hydrogen-bond acceptors (Lipinski definition) is 3. The van der Waals surface area contributed by atoms with Gasteiger partial charge in [-0.3, -0.25) is 14.5 Å². The van der Waals surface area contributed by atoms with Crippen LogP contribution in [-0.2, 0) is 9.59 Å². The summed E-state index contributed by atoms with van der Waals surface area (Å²) < 4.78 is 0. The van der Waals surface area contributed by atoms with Crippen LogP contribution in [0.3, 0.4) is 0 Å². The van der Waals surface area contributed by atoms with Crippen LogP contribution in [-0.4, -0.2) is 39.9 Å². The van der Waals surface area contributed by atoms with Gasteiger partial charge in [0, 0.05) is 23.9 Å². The zero-order valence-electron chi connectivity index (χ0n) is 22.5. The first-order chi connectivity index (χ1) is 17.7. The molecule has 5 rings (SSSR count). The number of allylic oxidation sites excluding steroid dienone is 2. The molecule has 5 heteroatoms. The predicted molar refractivity (Wildman–Crippen MR) is 145 cm³/mol. The molecule has 1 aliphatic heterocycles. The molecule has 5 aliphatic rings. The lowest BCUT2D eigenvalue weighted by atomic mass is 9.86. The van der Waals surface area contributed by atoms with Crippen molar-refractivity contribution in [2.75, 3.05) is 0 Å². The summed E-state index contributed by atoms with van der Waals surface area (Å²) in [5, 5.41) is 3.77. The van der Waals surface area contributed by atoms with Crippen molar-refractivity contribution in [1.29, 1.82) is 0 Å². The second kappa shape index (κ2) is 12.6. The van der Waals surface area contributed by atoms with E-state index in [4.69, 9.17) is 0 Å². The van der Waals surface area contributed by atoms with Gasteiger partial charge in [-0.25, -0.2) is 0 Å². The van der Waals surface area contributed by atoms with Crippen LogP contribution in [0.1, 0.15) is 128 Å². The zero-order chi connectivity index (χ0) is 24.7. The van der Waals surface area contributed by atoms with Crippen LogP contribution in [0.4, 0.5) is 0 Å². The van der Waals surface area contributed by atoms with Crippen LogP contribution in [0.5, 0.6) is 0 Å². The summed E-state index contributed by atoms with van der Waals surface area (Å²) in [6, 6.07) is 0.600. The van der Waals surface area contributed by atoms with Gasteiger partial charge in [0.05, 0.1) is 0 Å². The molecule has 1 unspecified atom stereocenters. The Hall–Kier alpha value is -1.78. The predicted octanol–water partition coefficient (Wildman–Crippen LogP) is 6.80. The summed E-state index contributed by atoms with van der Waals surface area (Å²) >= 11 is 0. The van der Waals surface area contributed by atoms with E-state index in [1.807, 2.05) is 0 Å². The van der Waals surface area contributed by atoms with Crippen molar-refractivity contribution < 1.29 is 9.59 Å². The number of nitrogens with one attached hydrogen (secondary N) is 1. The summed E-state index contributed by atoms with van der Waals surface area (Å²) in [6.07, 6.45) is 29.4. The minimum Gasteiger partial charge on any atom is -0.348 e. The molecule has 0 saturated heterocycles. The first kappa shape index (κ1) is 25.9. The molecule has 4 saturated carbocycles. The Labute approximate surface area is 219 Å². The van der Waals surface area contributed by atoms with E-state index in [0.717, 1.165) is 57.2 Å². The van der Waals surface area contributed by atoms with Crippen molar-refractivity contribution in [2.24, 2.45) is 11.8 Å². The van der Waals surface area contributed by atoms with E-state index < -0.39 is 0 Å². The van der Waals surface area contributed by atoms with E-state index in [0.29, 0.717) is 17.9 Å². The third-order valence-electron chi connectivity index (χ3n) is 9.71. The number of carbonyl (C=O) groups excluding carboxylic acids is 2. The minimum absolute atomic E-state index is 0.146. The van der Waals surface area contributed by atoms with E-state index in [9.17, 15) is 9.59 Å². The van der Waals surface area contributed by atoms with Gasteiger partial charge in [0.25, 0.3) is 0 Å². The second-order valence-electron chi connectivity index (χ2n) is 12.2. The van der Waals surface area contributed by atoms with Gasteiger partial charge < -0.3 is 10.2 Å². The summed E-state index contributed by atoms with van der Waals surface area (Å²) in [6.45, 7) is 0. The van der Waals surface area contributed by atoms with Gasteiger partial charge in [-0.2, -0.15) is 0 Å². The Bertz CT molecular complexity index is 797. The van der Waals surface area contributed by atoms with E-state index >= 15 is 0 Å². The van der Waals surface area contributed by atoms with Crippen molar-refractivity contribution in [3.63, 3.8) is 0 Å². The van der Waals surface area contributed by atoms with E-state index in [2.05, 4.69) is 33.3 Å². The van der Waals surface area contributed by atoms with Gasteiger partial charge in [-0.15, -0.1) is 0 Å². The number of amides is 2. The first-order valence-electron chi connectivity index (χ1n) is 15.5. The molecule has 5 nitrogen and oxygen atoms in total. The normalized spacial score (nSPS) is 27.2. The molecular weight excluding hydrogens is 446 g/mol. The number of hydrogen-bond donors (Lipinski definition) is 1. The number of carbonyl (C=O) groups is 2. The molecule has 1 heterocycles. The van der Waals surface area contributed by atoms with Crippen LogP contribution >= 0.6 is 0 Å². The van der Waals surface area contributed by atoms with Crippen LogP contribution in [0.25, 0.3) is 0 Å². The molecule has 1 N–H and O–H groups in total. The smallest absolute Gasteiger partial charge is 0.231 e. The van der Waals surface area contributed by atoms with Crippen molar-refractivity contribution in [1.82, 2.24) is 15.1 Å². The fraction of sp³-hybridized carbons (Fsp3) is 0.806. The van der Waals surface area contributed by atoms with Gasteiger partial charge >= 0.3 is 0 Å². The van der Waals surface area contributed by atoms with Crippen molar-refractivity contribution in [3.8, 4) is 0 Å². The first-order valence-corrected chi connectivity index (χ1v) is 15.5. The molecular formula is C31H49N3O2. The highest BCUT2D eigenvalue weighted by Crippen LogP contribution is 2.34. The highest BCUT2D eigenvalue weighted by molar-refractivity contribution is 5.82. The van der Waals surface area contributed by atoms with Crippen LogP contribution < -0.4 is 5.32 Å². The largest absolute Gasteiger partial charge is 0.348 e. The Kier molecular flexibility index (Phi) is 9.08. The van der Waals surface area contributed by atoms with Gasteiger partial charge in [0.2, 0.25) is 11.8 Å². The van der Waals surface area contributed by atoms with E-state index in [1.165, 1.54) is 77.0 Å². The zero-order valence-corrected chi connectivity index (χ0v) is 22.5. The average Bonchev–Trinajstić information content (AvgIpc) is 2.96. The Morgan fingerprint density at radius 2 is 1.08 bits per heavy atom. The number of dihydropyridines is 1. The minimum atomic E-state index is -0.146. The van der Waals surface area contributed by atoms with Crippen molar-refractivity contribution in [3.05, 3.63) is 24.0 Å². The van der Waals surface area contributed by atoms with E-state index in [1.54, 1.807) is 0 Å². The molecule has 4 aliphatic carbocycles. The number of rotatable bonds is 6. The van der Waals surface area contributed by atoms with Crippen LogP contribution in [0.2, 0.25) is 0 Å². The van der Waals surface area contributed by atoms with Gasteiger partial charge in [0.15, 0.2) is 0 Å². The number of nitrogens with zero attached hydrogens (tertiary/aromatic N) is 2. The molecule has 4 fully saturated rings. The third kappa shape index (κ3) is 6.02. The molecule has 0 radical (unpaired) electrons. The molecule has 200 valence electrons. The maximum atomic E-state index is 14.0. The topological polar surface area (TPSA) is 52.7 Å². The Balaban J connectivity index is 1.38. The van der Waals surface area contributed by atoms with Crippen molar-refractivity contribution in [2.45, 2.75) is 147 Å². The van der Waals surface area contributed by atoms with Gasteiger partial charge in [-0.05, 0) is 63.5 Å². The molecule has 2 amide bonds. The summed E-state index contributed by atoms with van der Waals surface area (Å²) in [5.41, 5.74) is 0. The fourth-order valence-electron chi connectivity index (χ4n) is 7.66. The molecule has 36 heavy (non-hydrogen) atoms. The average molecular weight is 496 g/mol. The fourth-order valence-corrected chi connectivity index (χ4v) is 7.66. The molecule has 0 bridgehead atoms. The van der Waals surface area contributed by atoms with Gasteiger partial charge in [-0.1, -0.05) is 83.1 Å². The molecule has 0 aromatic heterocycles. The molecule has 0 aromatic rings. The lowest BCUT2D eigenvalue weighted by Crippen LogP contribution is -2.58. The SMILES string of the molecule is O=C(C1CCCCC1)N(C1=CC=CC(N(C(=O)C2CCCCC2)C2CCCCC2)N1)C1CCCCC1. The van der Waals surface area contributed by atoms with Gasteiger partial charge in [0.1, 0.15) is 12.0 Å². The summed E-state index contributed by atoms with van der Waals surface area (Å²) in [7, 11) is 0. The Morgan fingerprint density at radius 3 is 1.64 bits per heavy atom. The lowest BCUT2D eigenvalue weighted by molar-refractivity contribution is -0.142. The van der Waals surface area contributed by atoms with E-state index in [-0.39, 0.29) is 24.0 Å². The standard InChI is InChI=1S/C31H49N3O2/c35-30(24-14-5-1-6-15-24)33(26-18-9-3-10-19-26)28-22-13-23-29(32-28)34(27-20-11-4-12-21-27)31(36)25-16-7-2-8-17-25/h13,22-28,32H,1-12,14-21H2. The second-order valence-corrected chi connectivity index (χ2v) is 12.2. The highest BCUT2D eigenvalue weighted by atomic mass is 16.2. The monoisotopic (exact) mass is 495 g/mol. The van der Waals surface area contributed by atoms with Crippen LogP contribution in [0.15, 0.2) is 24.0 Å². The maximum absolute atomic E-state index is 14.0. The Morgan fingerprint density at radius 1 is 0.611 bits per heavy atom. The lowest BCUT2D eigenvalue weighted by Gasteiger charge is -2.45. The molecule has 0 spiro atoms. The summed E-state index contributed by atoms with van der Waals surface area (Å²) in [5.74, 6) is 1.96. The maximum Gasteiger partial charge on any atom is 0.231 e. The quantitative estimate of drug-likeness (QED) is 0.441. The molecule has 0 aromatic carbocycles. The summed E-state index contributed by atoms with van der Waals surface area (Å²) in [4.78, 5) is 32.4. The third-order valence-corrected chi connectivity index (χ3v) is 9.71. The highest BCUT2D eigenvalue weighted by Gasteiger charge is 2.39. The van der Waals surface area contributed by atoms with Crippen LogP contribution in [0, 0.1) is 11.8 Å². The molecule has 1 atom stereocenters.